The standard InChI is InChI=1S/C29H32N2O5/c1-33-22-9-10-25(34-2)23(14-22)29-20(12-19-13-26-27(36-17-35-26)15-24(19)30-29)16-31(21-7-8-21)28(32)11-18-5-3-4-6-18/h9-10,12-15,18,21H,3-8,11,16-17H2,1-2H3. The maximum Gasteiger partial charge on any atom is 0.231 e. The summed E-state index contributed by atoms with van der Waals surface area (Å²) in [5.41, 5.74) is 3.42. The van der Waals surface area contributed by atoms with Crippen LogP contribution in [0.3, 0.4) is 0 Å². The van der Waals surface area contributed by atoms with Crippen LogP contribution in [0.1, 0.15) is 50.5 Å². The van der Waals surface area contributed by atoms with Crippen molar-refractivity contribution in [3.8, 4) is 34.3 Å². The van der Waals surface area contributed by atoms with Gasteiger partial charge in [0.1, 0.15) is 11.5 Å². The van der Waals surface area contributed by atoms with Gasteiger partial charge in [-0.2, -0.15) is 0 Å². The Kier molecular flexibility index (Phi) is 6.07. The quantitative estimate of drug-likeness (QED) is 0.404. The summed E-state index contributed by atoms with van der Waals surface area (Å²) >= 11 is 0. The molecule has 1 aliphatic heterocycles. The maximum atomic E-state index is 13.5. The van der Waals surface area contributed by atoms with Crippen LogP contribution in [0.4, 0.5) is 0 Å². The molecule has 2 heterocycles. The highest BCUT2D eigenvalue weighted by molar-refractivity contribution is 5.88. The molecule has 2 fully saturated rings. The largest absolute Gasteiger partial charge is 0.497 e. The zero-order chi connectivity index (χ0) is 24.6. The summed E-state index contributed by atoms with van der Waals surface area (Å²) < 4.78 is 22.5. The lowest BCUT2D eigenvalue weighted by molar-refractivity contribution is -0.133. The van der Waals surface area contributed by atoms with Crippen LogP contribution in [0.15, 0.2) is 36.4 Å². The summed E-state index contributed by atoms with van der Waals surface area (Å²) in [6.45, 7) is 0.726. The topological polar surface area (TPSA) is 70.1 Å². The minimum atomic E-state index is 0.209. The third kappa shape index (κ3) is 4.43. The lowest BCUT2D eigenvalue weighted by atomic mass is 10.00. The number of ether oxygens (including phenoxy) is 4. The number of carbonyl (C=O) groups is 1. The van der Waals surface area contributed by atoms with E-state index in [9.17, 15) is 4.79 Å². The number of amides is 1. The number of carbonyl (C=O) groups excluding carboxylic acids is 1. The Morgan fingerprint density at radius 2 is 1.78 bits per heavy atom. The number of hydrogen-bond donors (Lipinski definition) is 0. The van der Waals surface area contributed by atoms with Gasteiger partial charge in [0.15, 0.2) is 11.5 Å². The summed E-state index contributed by atoms with van der Waals surface area (Å²) in [4.78, 5) is 20.7. The SMILES string of the molecule is COc1ccc(OC)c(-c2nc3cc4c(cc3cc2CN(C(=O)CC2CCCC2)C2CC2)OCO4)c1. The molecule has 0 saturated heterocycles. The van der Waals surface area contributed by atoms with Gasteiger partial charge < -0.3 is 23.8 Å². The summed E-state index contributed by atoms with van der Waals surface area (Å²) in [6, 6.07) is 12.1. The van der Waals surface area contributed by atoms with Gasteiger partial charge in [-0.15, -0.1) is 0 Å². The molecular weight excluding hydrogens is 456 g/mol. The molecule has 36 heavy (non-hydrogen) atoms. The second kappa shape index (κ2) is 9.52. The second-order valence-corrected chi connectivity index (χ2v) is 10.1. The minimum Gasteiger partial charge on any atom is -0.497 e. The van der Waals surface area contributed by atoms with Crippen LogP contribution in [0.5, 0.6) is 23.0 Å². The second-order valence-electron chi connectivity index (χ2n) is 10.1. The van der Waals surface area contributed by atoms with Gasteiger partial charge >= 0.3 is 0 Å². The molecule has 2 aromatic carbocycles. The van der Waals surface area contributed by atoms with Crippen molar-refractivity contribution < 1.29 is 23.7 Å². The average Bonchev–Trinajstić information content (AvgIpc) is 3.41. The Hall–Kier alpha value is -3.48. The fraction of sp³-hybridized carbons (Fsp3) is 0.448. The Morgan fingerprint density at radius 1 is 1.00 bits per heavy atom. The molecule has 6 rings (SSSR count). The number of nitrogens with zero attached hydrogens (tertiary/aromatic N) is 2. The number of pyridine rings is 1. The first-order valence-corrected chi connectivity index (χ1v) is 12.9. The van der Waals surface area contributed by atoms with Gasteiger partial charge in [-0.1, -0.05) is 12.8 Å². The monoisotopic (exact) mass is 488 g/mol. The Morgan fingerprint density at radius 3 is 2.50 bits per heavy atom. The van der Waals surface area contributed by atoms with E-state index in [-0.39, 0.29) is 12.7 Å². The maximum absolute atomic E-state index is 13.5. The van der Waals surface area contributed by atoms with Crippen molar-refractivity contribution in [1.29, 1.82) is 0 Å². The molecule has 0 bridgehead atoms. The van der Waals surface area contributed by atoms with Gasteiger partial charge in [0.05, 0.1) is 25.4 Å². The molecule has 1 amide bonds. The average molecular weight is 489 g/mol. The summed E-state index contributed by atoms with van der Waals surface area (Å²) in [5.74, 6) is 3.63. The van der Waals surface area contributed by atoms with Gasteiger partial charge in [-0.3, -0.25) is 4.79 Å². The van der Waals surface area contributed by atoms with Crippen molar-refractivity contribution in [2.24, 2.45) is 5.92 Å². The number of fused-ring (bicyclic) bond motifs is 2. The Labute approximate surface area is 211 Å². The van der Waals surface area contributed by atoms with Crippen LogP contribution in [0.25, 0.3) is 22.2 Å². The highest BCUT2D eigenvalue weighted by Gasteiger charge is 2.34. The van der Waals surface area contributed by atoms with E-state index in [1.54, 1.807) is 14.2 Å². The zero-order valence-corrected chi connectivity index (χ0v) is 20.9. The summed E-state index contributed by atoms with van der Waals surface area (Å²) in [5, 5.41) is 0.957. The molecule has 0 radical (unpaired) electrons. The summed E-state index contributed by atoms with van der Waals surface area (Å²) in [6.07, 6.45) is 7.59. The predicted octanol–water partition coefficient (Wildman–Crippen LogP) is 5.72. The van der Waals surface area contributed by atoms with E-state index in [1.807, 2.05) is 30.3 Å². The number of hydrogen-bond acceptors (Lipinski definition) is 6. The van der Waals surface area contributed by atoms with E-state index >= 15 is 0 Å². The Bertz CT molecular complexity index is 1300. The molecule has 2 saturated carbocycles. The third-order valence-corrected chi connectivity index (χ3v) is 7.64. The van der Waals surface area contributed by atoms with Gasteiger partial charge in [-0.05, 0) is 67.5 Å². The van der Waals surface area contributed by atoms with Crippen molar-refractivity contribution in [3.05, 3.63) is 42.0 Å². The number of benzene rings is 2. The van der Waals surface area contributed by atoms with Crippen LogP contribution in [-0.4, -0.2) is 42.8 Å². The van der Waals surface area contributed by atoms with Gasteiger partial charge in [0.2, 0.25) is 12.7 Å². The lowest BCUT2D eigenvalue weighted by Crippen LogP contribution is -2.33. The normalized spacial score (nSPS) is 16.9. The predicted molar refractivity (Wildman–Crippen MR) is 137 cm³/mol. The minimum absolute atomic E-state index is 0.209. The molecule has 0 atom stereocenters. The fourth-order valence-electron chi connectivity index (χ4n) is 5.53. The molecule has 1 aromatic heterocycles. The van der Waals surface area contributed by atoms with Crippen LogP contribution in [-0.2, 0) is 11.3 Å². The van der Waals surface area contributed by atoms with E-state index in [4.69, 9.17) is 23.9 Å². The van der Waals surface area contributed by atoms with E-state index in [1.165, 1.54) is 25.7 Å². The van der Waals surface area contributed by atoms with E-state index in [0.717, 1.165) is 52.1 Å². The third-order valence-electron chi connectivity index (χ3n) is 7.64. The number of methoxy groups -OCH3 is 2. The highest BCUT2D eigenvalue weighted by Crippen LogP contribution is 2.41. The molecule has 0 unspecified atom stereocenters. The van der Waals surface area contributed by atoms with Crippen molar-refractivity contribution in [3.63, 3.8) is 0 Å². The first-order valence-electron chi connectivity index (χ1n) is 12.9. The lowest BCUT2D eigenvalue weighted by Gasteiger charge is -2.26. The van der Waals surface area contributed by atoms with Gasteiger partial charge in [-0.25, -0.2) is 4.98 Å². The highest BCUT2D eigenvalue weighted by atomic mass is 16.7. The molecule has 0 N–H and O–H groups in total. The molecule has 0 spiro atoms. The van der Waals surface area contributed by atoms with Crippen LogP contribution in [0.2, 0.25) is 0 Å². The van der Waals surface area contributed by atoms with Crippen molar-refractivity contribution in [2.75, 3.05) is 21.0 Å². The molecular formula is C29H32N2O5. The first kappa shape index (κ1) is 23.0. The molecule has 7 nitrogen and oxygen atoms in total. The summed E-state index contributed by atoms with van der Waals surface area (Å²) in [7, 11) is 3.31. The zero-order valence-electron chi connectivity index (χ0n) is 20.9. The molecule has 2 aliphatic carbocycles. The van der Waals surface area contributed by atoms with E-state index < -0.39 is 0 Å². The molecule has 3 aliphatic rings. The fourth-order valence-corrected chi connectivity index (χ4v) is 5.53. The molecule has 3 aromatic rings. The number of aromatic nitrogens is 1. The van der Waals surface area contributed by atoms with Gasteiger partial charge in [0, 0.05) is 36.0 Å². The Balaban J connectivity index is 1.44. The molecule has 188 valence electrons. The van der Waals surface area contributed by atoms with E-state index in [2.05, 4.69) is 11.0 Å². The number of rotatable bonds is 8. The van der Waals surface area contributed by atoms with Crippen LogP contribution >= 0.6 is 0 Å². The van der Waals surface area contributed by atoms with E-state index in [0.29, 0.717) is 36.4 Å². The van der Waals surface area contributed by atoms with Crippen molar-refractivity contribution in [1.82, 2.24) is 9.88 Å². The smallest absolute Gasteiger partial charge is 0.231 e. The van der Waals surface area contributed by atoms with Crippen LogP contribution < -0.4 is 18.9 Å². The van der Waals surface area contributed by atoms with Crippen molar-refractivity contribution >= 4 is 16.8 Å². The molecule has 7 heteroatoms. The van der Waals surface area contributed by atoms with Crippen LogP contribution in [0, 0.1) is 5.92 Å². The first-order chi connectivity index (χ1) is 17.6. The van der Waals surface area contributed by atoms with Crippen molar-refractivity contribution in [2.45, 2.75) is 57.5 Å². The van der Waals surface area contributed by atoms with Gasteiger partial charge in [0.25, 0.3) is 0 Å².